The number of para-hydroxylation sites is 1. The van der Waals surface area contributed by atoms with E-state index in [2.05, 4.69) is 10.3 Å². The minimum absolute atomic E-state index is 0.00888. The third kappa shape index (κ3) is 5.33. The van der Waals surface area contributed by atoms with Crippen LogP contribution >= 0.6 is 11.6 Å². The quantitative estimate of drug-likeness (QED) is 0.512. The fourth-order valence-electron chi connectivity index (χ4n) is 4.50. The van der Waals surface area contributed by atoms with E-state index in [0.29, 0.717) is 37.0 Å². The topological polar surface area (TPSA) is 74.4 Å². The first kappa shape index (κ1) is 23.2. The number of nitrogens with one attached hydrogen (secondary N) is 2. The Kier molecular flexibility index (Phi) is 7.23. The van der Waals surface area contributed by atoms with Gasteiger partial charge in [0.15, 0.2) is 0 Å². The Labute approximate surface area is 199 Å². The summed E-state index contributed by atoms with van der Waals surface area (Å²) < 4.78 is 5.64. The number of amides is 2. The average Bonchev–Trinajstić information content (AvgIpc) is 3.26. The number of rotatable bonds is 7. The van der Waals surface area contributed by atoms with E-state index in [0.717, 1.165) is 35.1 Å². The first-order chi connectivity index (χ1) is 16.0. The van der Waals surface area contributed by atoms with Crippen molar-refractivity contribution in [2.24, 2.45) is 11.8 Å². The molecular weight excluding hydrogens is 438 g/mol. The number of ether oxygens (including phenoxy) is 1. The van der Waals surface area contributed by atoms with Crippen LogP contribution in [-0.4, -0.2) is 41.4 Å². The van der Waals surface area contributed by atoms with Crippen LogP contribution in [0.2, 0.25) is 5.02 Å². The molecule has 0 spiro atoms. The van der Waals surface area contributed by atoms with Crippen molar-refractivity contribution in [2.75, 3.05) is 19.7 Å². The van der Waals surface area contributed by atoms with Crippen LogP contribution < -0.4 is 10.1 Å². The van der Waals surface area contributed by atoms with Crippen molar-refractivity contribution in [3.05, 3.63) is 64.8 Å². The summed E-state index contributed by atoms with van der Waals surface area (Å²) >= 11 is 6.06. The standard InChI is InChI=1S/C26H30ClN3O3/c1-3-33-24-7-5-4-6-19(24)16-28-25(31)17(2)18-10-12-30(13-11-18)26(32)23-15-20-14-21(27)8-9-22(20)29-23/h4-9,14-15,17-18,29H,3,10-13,16H2,1-2H3,(H,28,31). The number of aromatic nitrogens is 1. The molecule has 6 nitrogen and oxygen atoms in total. The molecule has 0 bridgehead atoms. The number of carbonyl (C=O) groups excluding carboxylic acids is 2. The summed E-state index contributed by atoms with van der Waals surface area (Å²) in [7, 11) is 0. The molecule has 1 aliphatic heterocycles. The highest BCUT2D eigenvalue weighted by Gasteiger charge is 2.30. The fraction of sp³-hybridized carbons (Fsp3) is 0.385. The molecule has 1 aromatic heterocycles. The maximum absolute atomic E-state index is 13.0. The van der Waals surface area contributed by atoms with Gasteiger partial charge in [-0.1, -0.05) is 36.7 Å². The van der Waals surface area contributed by atoms with Crippen molar-refractivity contribution < 1.29 is 14.3 Å². The van der Waals surface area contributed by atoms with Gasteiger partial charge in [-0.15, -0.1) is 0 Å². The van der Waals surface area contributed by atoms with Crippen molar-refractivity contribution in [1.82, 2.24) is 15.2 Å². The van der Waals surface area contributed by atoms with Crippen molar-refractivity contribution in [2.45, 2.75) is 33.2 Å². The molecule has 174 valence electrons. The Hall–Kier alpha value is -2.99. The summed E-state index contributed by atoms with van der Waals surface area (Å²) in [5, 5.41) is 4.63. The molecule has 1 aliphatic rings. The van der Waals surface area contributed by atoms with E-state index in [9.17, 15) is 9.59 Å². The minimum atomic E-state index is -0.114. The summed E-state index contributed by atoms with van der Waals surface area (Å²) in [6.07, 6.45) is 1.61. The third-order valence-electron chi connectivity index (χ3n) is 6.49. The van der Waals surface area contributed by atoms with Crippen molar-refractivity contribution in [1.29, 1.82) is 0 Å². The van der Waals surface area contributed by atoms with Gasteiger partial charge in [0.25, 0.3) is 5.91 Å². The molecule has 0 saturated carbocycles. The van der Waals surface area contributed by atoms with Gasteiger partial charge in [-0.05, 0) is 56.0 Å². The van der Waals surface area contributed by atoms with E-state index in [1.165, 1.54) is 0 Å². The second-order valence-electron chi connectivity index (χ2n) is 8.59. The third-order valence-corrected chi connectivity index (χ3v) is 6.72. The molecule has 3 aromatic rings. The highest BCUT2D eigenvalue weighted by molar-refractivity contribution is 6.31. The van der Waals surface area contributed by atoms with Gasteiger partial charge in [0.1, 0.15) is 11.4 Å². The lowest BCUT2D eigenvalue weighted by Gasteiger charge is -2.34. The van der Waals surface area contributed by atoms with Crippen LogP contribution in [0, 0.1) is 11.8 Å². The zero-order valence-corrected chi connectivity index (χ0v) is 19.8. The summed E-state index contributed by atoms with van der Waals surface area (Å²) in [5.74, 6) is 0.970. The van der Waals surface area contributed by atoms with Gasteiger partial charge in [0, 0.05) is 47.0 Å². The molecule has 4 rings (SSSR count). The molecule has 33 heavy (non-hydrogen) atoms. The molecule has 1 saturated heterocycles. The first-order valence-electron chi connectivity index (χ1n) is 11.5. The van der Waals surface area contributed by atoms with E-state index < -0.39 is 0 Å². The first-order valence-corrected chi connectivity index (χ1v) is 11.9. The van der Waals surface area contributed by atoms with Gasteiger partial charge in [-0.25, -0.2) is 0 Å². The molecule has 2 heterocycles. The molecule has 1 atom stereocenters. The van der Waals surface area contributed by atoms with Gasteiger partial charge < -0.3 is 19.9 Å². The van der Waals surface area contributed by atoms with Crippen LogP contribution in [0.5, 0.6) is 5.75 Å². The molecule has 2 amide bonds. The van der Waals surface area contributed by atoms with E-state index in [-0.39, 0.29) is 23.7 Å². The van der Waals surface area contributed by atoms with Gasteiger partial charge >= 0.3 is 0 Å². The average molecular weight is 468 g/mol. The summed E-state index contributed by atoms with van der Waals surface area (Å²) in [6, 6.07) is 15.2. The smallest absolute Gasteiger partial charge is 0.270 e. The van der Waals surface area contributed by atoms with Crippen molar-refractivity contribution in [3.8, 4) is 5.75 Å². The normalized spacial score (nSPS) is 15.4. The van der Waals surface area contributed by atoms with Gasteiger partial charge in [0.05, 0.1) is 6.61 Å². The number of likely N-dealkylation sites (tertiary alicyclic amines) is 1. The zero-order chi connectivity index (χ0) is 23.4. The molecule has 2 aromatic carbocycles. The lowest BCUT2D eigenvalue weighted by molar-refractivity contribution is -0.126. The molecule has 1 unspecified atom stereocenters. The molecule has 1 fully saturated rings. The highest BCUT2D eigenvalue weighted by atomic mass is 35.5. The van der Waals surface area contributed by atoms with Gasteiger partial charge in [-0.3, -0.25) is 9.59 Å². The summed E-state index contributed by atoms with van der Waals surface area (Å²) in [4.78, 5) is 30.8. The number of nitrogens with zero attached hydrogens (tertiary/aromatic N) is 1. The fourth-order valence-corrected chi connectivity index (χ4v) is 4.68. The number of H-pyrrole nitrogens is 1. The number of halogens is 1. The lowest BCUT2D eigenvalue weighted by atomic mass is 9.84. The van der Waals surface area contributed by atoms with E-state index >= 15 is 0 Å². The predicted molar refractivity (Wildman–Crippen MR) is 131 cm³/mol. The number of aromatic amines is 1. The molecule has 7 heteroatoms. The number of piperidine rings is 1. The second kappa shape index (κ2) is 10.3. The second-order valence-corrected chi connectivity index (χ2v) is 9.03. The maximum Gasteiger partial charge on any atom is 0.270 e. The Morgan fingerprint density at radius 3 is 2.70 bits per heavy atom. The van der Waals surface area contributed by atoms with Crippen LogP contribution in [-0.2, 0) is 11.3 Å². The Morgan fingerprint density at radius 2 is 1.94 bits per heavy atom. The highest BCUT2D eigenvalue weighted by Crippen LogP contribution is 2.27. The number of benzene rings is 2. The van der Waals surface area contributed by atoms with Crippen LogP contribution in [0.3, 0.4) is 0 Å². The molecular formula is C26H30ClN3O3. The van der Waals surface area contributed by atoms with Crippen LogP contribution in [0.4, 0.5) is 0 Å². The molecule has 2 N–H and O–H groups in total. The maximum atomic E-state index is 13.0. The Morgan fingerprint density at radius 1 is 1.18 bits per heavy atom. The minimum Gasteiger partial charge on any atom is -0.494 e. The van der Waals surface area contributed by atoms with Crippen molar-refractivity contribution >= 4 is 34.3 Å². The monoisotopic (exact) mass is 467 g/mol. The Balaban J connectivity index is 1.30. The molecule has 0 radical (unpaired) electrons. The van der Waals surface area contributed by atoms with E-state index in [1.54, 1.807) is 0 Å². The number of fused-ring (bicyclic) bond motifs is 1. The lowest BCUT2D eigenvalue weighted by Crippen LogP contribution is -2.42. The van der Waals surface area contributed by atoms with Crippen LogP contribution in [0.25, 0.3) is 10.9 Å². The summed E-state index contributed by atoms with van der Waals surface area (Å²) in [6.45, 7) is 6.25. The predicted octanol–water partition coefficient (Wildman–Crippen LogP) is 5.02. The SMILES string of the molecule is CCOc1ccccc1CNC(=O)C(C)C1CCN(C(=O)c2cc3cc(Cl)ccc3[nH]2)CC1. The largest absolute Gasteiger partial charge is 0.494 e. The molecule has 0 aliphatic carbocycles. The van der Waals surface area contributed by atoms with Crippen LogP contribution in [0.1, 0.15) is 42.7 Å². The van der Waals surface area contributed by atoms with Gasteiger partial charge in [-0.2, -0.15) is 0 Å². The van der Waals surface area contributed by atoms with Crippen LogP contribution in [0.15, 0.2) is 48.5 Å². The number of carbonyl (C=O) groups is 2. The summed E-state index contributed by atoms with van der Waals surface area (Å²) in [5.41, 5.74) is 2.44. The van der Waals surface area contributed by atoms with Crippen molar-refractivity contribution in [3.63, 3.8) is 0 Å². The zero-order valence-electron chi connectivity index (χ0n) is 19.1. The number of hydrogen-bond acceptors (Lipinski definition) is 3. The van der Waals surface area contributed by atoms with E-state index in [4.69, 9.17) is 16.3 Å². The number of hydrogen-bond donors (Lipinski definition) is 2. The Bertz CT molecular complexity index is 1130. The van der Waals surface area contributed by atoms with E-state index in [1.807, 2.05) is 67.3 Å². The van der Waals surface area contributed by atoms with Gasteiger partial charge in [0.2, 0.25) is 5.91 Å².